The van der Waals surface area contributed by atoms with Crippen LogP contribution in [0.4, 0.5) is 0 Å². The second-order valence-corrected chi connectivity index (χ2v) is 7.79. The van der Waals surface area contributed by atoms with Gasteiger partial charge in [-0.15, -0.1) is 0 Å². The van der Waals surface area contributed by atoms with E-state index in [1.807, 2.05) is 75.4 Å². The number of aliphatic imine (C=N–C) groups is 1. The number of nitrogens with zero attached hydrogens (tertiary/aromatic N) is 3. The van der Waals surface area contributed by atoms with Crippen molar-refractivity contribution >= 4 is 34.4 Å². The average Bonchev–Trinajstić information content (AvgIpc) is 3.27. The number of benzene rings is 2. The highest BCUT2D eigenvalue weighted by molar-refractivity contribution is 8.18. The average molecular weight is 414 g/mol. The number of nitriles is 1. The van der Waals surface area contributed by atoms with Crippen LogP contribution in [0.5, 0.6) is 0 Å². The summed E-state index contributed by atoms with van der Waals surface area (Å²) in [6.07, 6.45) is 4.49. The normalized spacial score (nSPS) is 15.5. The minimum absolute atomic E-state index is 0.155. The van der Waals surface area contributed by atoms with Gasteiger partial charge in [-0.05, 0) is 49.2 Å². The van der Waals surface area contributed by atoms with Crippen molar-refractivity contribution in [2.24, 2.45) is 10.1 Å². The Kier molecular flexibility index (Phi) is 6.99. The van der Waals surface area contributed by atoms with Gasteiger partial charge in [-0.2, -0.15) is 10.4 Å². The quantitative estimate of drug-likeness (QED) is 0.491. The zero-order valence-electron chi connectivity index (χ0n) is 17.2. The summed E-state index contributed by atoms with van der Waals surface area (Å²) in [4.78, 5) is 4.38. The van der Waals surface area contributed by atoms with Gasteiger partial charge in [-0.3, -0.25) is 10.8 Å². The monoisotopic (exact) mass is 413 g/mol. The van der Waals surface area contributed by atoms with Crippen LogP contribution in [-0.4, -0.2) is 17.1 Å². The number of aryl methyl sites for hydroxylation is 1. The SMILES string of the molecule is CC/C=C(/C=NC(=N)C(C)=C1NN=C(c2ccccc2)S1)c1ccc(C)cc1C#N. The molecule has 5 nitrogen and oxygen atoms in total. The lowest BCUT2D eigenvalue weighted by Gasteiger charge is -2.07. The standard InChI is InChI=1S/C24H23N5S/c1-4-8-19(21-12-11-16(2)13-20(21)14-25)15-27-22(26)17(3)23-28-29-24(30-23)18-9-6-5-7-10-18/h5-13,15,26,28H,4H2,1-3H3/b19-8-,23-17?,26-22?,27-15?. The molecule has 0 radical (unpaired) electrons. The van der Waals surface area contributed by atoms with E-state index in [1.54, 1.807) is 6.21 Å². The molecule has 2 aromatic rings. The molecule has 6 heteroatoms. The van der Waals surface area contributed by atoms with Crippen molar-refractivity contribution in [1.29, 1.82) is 10.7 Å². The van der Waals surface area contributed by atoms with Crippen LogP contribution in [0.3, 0.4) is 0 Å². The predicted octanol–water partition coefficient (Wildman–Crippen LogP) is 5.64. The third kappa shape index (κ3) is 4.94. The molecule has 0 spiro atoms. The largest absolute Gasteiger partial charge is 0.283 e. The highest BCUT2D eigenvalue weighted by atomic mass is 32.2. The first-order valence-electron chi connectivity index (χ1n) is 9.65. The first kappa shape index (κ1) is 21.3. The van der Waals surface area contributed by atoms with E-state index in [0.717, 1.165) is 38.8 Å². The van der Waals surface area contributed by atoms with Gasteiger partial charge in [0.25, 0.3) is 0 Å². The van der Waals surface area contributed by atoms with Crippen LogP contribution in [0.1, 0.15) is 42.5 Å². The second kappa shape index (κ2) is 9.86. The van der Waals surface area contributed by atoms with Gasteiger partial charge in [0.2, 0.25) is 0 Å². The first-order chi connectivity index (χ1) is 14.5. The predicted molar refractivity (Wildman–Crippen MR) is 127 cm³/mol. The molecule has 30 heavy (non-hydrogen) atoms. The minimum Gasteiger partial charge on any atom is -0.283 e. The second-order valence-electron chi connectivity index (χ2n) is 6.79. The lowest BCUT2D eigenvalue weighted by molar-refractivity contribution is 0.958. The Labute approximate surface area is 181 Å². The molecule has 150 valence electrons. The van der Waals surface area contributed by atoms with Crippen molar-refractivity contribution in [2.75, 3.05) is 0 Å². The topological polar surface area (TPSA) is 84.4 Å². The lowest BCUT2D eigenvalue weighted by Crippen LogP contribution is -2.05. The molecule has 0 atom stereocenters. The van der Waals surface area contributed by atoms with Crippen molar-refractivity contribution in [2.45, 2.75) is 27.2 Å². The molecule has 0 amide bonds. The van der Waals surface area contributed by atoms with Gasteiger partial charge in [0.05, 0.1) is 11.6 Å². The Morgan fingerprint density at radius 3 is 2.73 bits per heavy atom. The van der Waals surface area contributed by atoms with Crippen molar-refractivity contribution in [3.05, 3.63) is 87.5 Å². The summed E-state index contributed by atoms with van der Waals surface area (Å²) < 4.78 is 0. The Morgan fingerprint density at radius 1 is 1.27 bits per heavy atom. The fourth-order valence-electron chi connectivity index (χ4n) is 2.90. The zero-order chi connectivity index (χ0) is 21.5. The van der Waals surface area contributed by atoms with Gasteiger partial charge in [0.15, 0.2) is 0 Å². The fraction of sp³-hybridized carbons (Fsp3) is 0.167. The number of hydrogen-bond donors (Lipinski definition) is 2. The van der Waals surface area contributed by atoms with Crippen molar-refractivity contribution < 1.29 is 0 Å². The van der Waals surface area contributed by atoms with Crippen molar-refractivity contribution in [3.8, 4) is 6.07 Å². The van der Waals surface area contributed by atoms with Crippen LogP contribution >= 0.6 is 11.8 Å². The maximum absolute atomic E-state index is 9.49. The van der Waals surface area contributed by atoms with Crippen LogP contribution in [0.15, 0.2) is 75.3 Å². The molecular weight excluding hydrogens is 390 g/mol. The number of thioether (sulfide) groups is 1. The van der Waals surface area contributed by atoms with Crippen LogP contribution in [-0.2, 0) is 0 Å². The molecule has 1 heterocycles. The van der Waals surface area contributed by atoms with Crippen LogP contribution < -0.4 is 5.43 Å². The summed E-state index contributed by atoms with van der Waals surface area (Å²) in [5, 5.41) is 23.9. The Balaban J connectivity index is 1.79. The third-order valence-corrected chi connectivity index (χ3v) is 5.66. The maximum Gasteiger partial charge on any atom is 0.150 e. The summed E-state index contributed by atoms with van der Waals surface area (Å²) >= 11 is 1.49. The zero-order valence-corrected chi connectivity index (χ0v) is 18.0. The van der Waals surface area contributed by atoms with Gasteiger partial charge in [0, 0.05) is 22.9 Å². The third-order valence-electron chi connectivity index (χ3n) is 4.54. The molecular formula is C24H23N5S. The Morgan fingerprint density at radius 2 is 2.03 bits per heavy atom. The molecule has 0 aromatic heterocycles. The van der Waals surface area contributed by atoms with Crippen molar-refractivity contribution in [1.82, 2.24) is 5.43 Å². The number of hydrazone groups is 1. The summed E-state index contributed by atoms with van der Waals surface area (Å²) in [5.41, 5.74) is 8.07. The summed E-state index contributed by atoms with van der Waals surface area (Å²) in [7, 11) is 0. The smallest absolute Gasteiger partial charge is 0.150 e. The Bertz CT molecular complexity index is 1120. The minimum atomic E-state index is 0.155. The van der Waals surface area contributed by atoms with E-state index >= 15 is 0 Å². The van der Waals surface area contributed by atoms with Gasteiger partial charge < -0.3 is 0 Å². The molecule has 0 unspecified atom stereocenters. The molecule has 3 rings (SSSR count). The fourth-order valence-corrected chi connectivity index (χ4v) is 3.78. The van der Waals surface area contributed by atoms with Crippen LogP contribution in [0.25, 0.3) is 5.57 Å². The Hall–Kier alpha value is -3.43. The van der Waals surface area contributed by atoms with Crippen LogP contribution in [0.2, 0.25) is 0 Å². The molecule has 2 aromatic carbocycles. The molecule has 0 bridgehead atoms. The number of allylic oxidation sites excluding steroid dienone is 2. The van der Waals surface area contributed by atoms with Gasteiger partial charge in [0.1, 0.15) is 15.9 Å². The summed E-state index contributed by atoms with van der Waals surface area (Å²) in [6, 6.07) is 18.0. The lowest BCUT2D eigenvalue weighted by atomic mass is 9.98. The molecule has 0 saturated carbocycles. The van der Waals surface area contributed by atoms with Gasteiger partial charge >= 0.3 is 0 Å². The van der Waals surface area contributed by atoms with E-state index in [-0.39, 0.29) is 5.84 Å². The summed E-state index contributed by atoms with van der Waals surface area (Å²) in [6.45, 7) is 5.85. The van der Waals surface area contributed by atoms with Crippen molar-refractivity contribution in [3.63, 3.8) is 0 Å². The van der Waals surface area contributed by atoms with E-state index in [0.29, 0.717) is 11.1 Å². The summed E-state index contributed by atoms with van der Waals surface area (Å²) in [5.74, 6) is 0.155. The highest BCUT2D eigenvalue weighted by Crippen LogP contribution is 2.28. The van der Waals surface area contributed by atoms with Crippen LogP contribution in [0, 0.1) is 23.7 Å². The van der Waals surface area contributed by atoms with Gasteiger partial charge in [-0.25, -0.2) is 4.99 Å². The molecule has 1 aliphatic rings. The van der Waals surface area contributed by atoms with E-state index in [9.17, 15) is 5.26 Å². The molecule has 1 aliphatic heterocycles. The van der Waals surface area contributed by atoms with Gasteiger partial charge in [-0.1, -0.05) is 55.5 Å². The highest BCUT2D eigenvalue weighted by Gasteiger charge is 2.18. The van der Waals surface area contributed by atoms with E-state index in [1.165, 1.54) is 11.8 Å². The number of amidine groups is 1. The maximum atomic E-state index is 9.49. The molecule has 0 fully saturated rings. The number of hydrogen-bond acceptors (Lipinski definition) is 5. The van der Waals surface area contributed by atoms with E-state index < -0.39 is 0 Å². The number of nitrogens with one attached hydrogen (secondary N) is 2. The van der Waals surface area contributed by atoms with E-state index in [2.05, 4.69) is 21.6 Å². The van der Waals surface area contributed by atoms with E-state index in [4.69, 9.17) is 5.41 Å². The molecule has 0 aliphatic carbocycles. The molecule has 2 N–H and O–H groups in total. The first-order valence-corrected chi connectivity index (χ1v) is 10.5. The molecule has 0 saturated heterocycles. The number of rotatable bonds is 5.